The van der Waals surface area contributed by atoms with Crippen LogP contribution < -0.4 is 4.74 Å². The lowest BCUT2D eigenvalue weighted by molar-refractivity contribution is -0.134. The maximum atomic E-state index is 13.5. The highest BCUT2D eigenvalue weighted by atomic mass is 19.1. The van der Waals surface area contributed by atoms with Gasteiger partial charge < -0.3 is 9.64 Å². The van der Waals surface area contributed by atoms with Gasteiger partial charge in [-0.1, -0.05) is 12.1 Å². The number of aromatic nitrogens is 1. The molecule has 0 aliphatic carbocycles. The number of hydrogen-bond donors (Lipinski definition) is 0. The van der Waals surface area contributed by atoms with Crippen LogP contribution in [0.4, 0.5) is 4.39 Å². The summed E-state index contributed by atoms with van der Waals surface area (Å²) in [5.74, 6) is 0.185. The summed E-state index contributed by atoms with van der Waals surface area (Å²) in [6.45, 7) is 1.35. The molecule has 1 amide bonds. The van der Waals surface area contributed by atoms with Crippen LogP contribution in [-0.2, 0) is 11.2 Å². The van der Waals surface area contributed by atoms with Gasteiger partial charge >= 0.3 is 0 Å². The Balaban J connectivity index is 1.44. The van der Waals surface area contributed by atoms with Crippen molar-refractivity contribution in [2.45, 2.75) is 19.3 Å². The molecule has 0 bridgehead atoms. The zero-order valence-corrected chi connectivity index (χ0v) is 13.5. The quantitative estimate of drug-likeness (QED) is 0.847. The van der Waals surface area contributed by atoms with Crippen molar-refractivity contribution in [3.05, 3.63) is 60.2 Å². The fraction of sp³-hybridized carbons (Fsp3) is 0.368. The molecule has 1 aliphatic heterocycles. The van der Waals surface area contributed by atoms with E-state index in [4.69, 9.17) is 4.74 Å². The van der Waals surface area contributed by atoms with E-state index in [-0.39, 0.29) is 18.3 Å². The molecule has 0 unspecified atom stereocenters. The molecule has 126 valence electrons. The van der Waals surface area contributed by atoms with Crippen molar-refractivity contribution in [1.29, 1.82) is 0 Å². The molecular weight excluding hydrogens is 307 g/mol. The first-order valence-corrected chi connectivity index (χ1v) is 8.26. The normalized spacial score (nSPS) is 15.3. The molecule has 0 radical (unpaired) electrons. The number of halogens is 1. The highest BCUT2D eigenvalue weighted by molar-refractivity contribution is 5.77. The first-order chi connectivity index (χ1) is 11.7. The maximum Gasteiger partial charge on any atom is 0.260 e. The van der Waals surface area contributed by atoms with E-state index in [9.17, 15) is 9.18 Å². The molecule has 4 nitrogen and oxygen atoms in total. The van der Waals surface area contributed by atoms with E-state index in [1.165, 1.54) is 17.7 Å². The molecule has 0 N–H and O–H groups in total. The molecule has 2 heterocycles. The number of para-hydroxylation sites is 1. The van der Waals surface area contributed by atoms with Crippen molar-refractivity contribution < 1.29 is 13.9 Å². The third-order valence-electron chi connectivity index (χ3n) is 4.43. The Kier molecular flexibility index (Phi) is 5.41. The van der Waals surface area contributed by atoms with Gasteiger partial charge in [0, 0.05) is 25.5 Å². The van der Waals surface area contributed by atoms with Crippen LogP contribution in [0.2, 0.25) is 0 Å². The number of hydrogen-bond acceptors (Lipinski definition) is 3. The number of likely N-dealkylation sites (tertiary alicyclic amines) is 1. The third-order valence-corrected chi connectivity index (χ3v) is 4.43. The van der Waals surface area contributed by atoms with Crippen molar-refractivity contribution in [3.63, 3.8) is 0 Å². The van der Waals surface area contributed by atoms with Crippen molar-refractivity contribution >= 4 is 5.91 Å². The van der Waals surface area contributed by atoms with Crippen LogP contribution in [0, 0.1) is 11.7 Å². The monoisotopic (exact) mass is 328 g/mol. The van der Waals surface area contributed by atoms with Gasteiger partial charge in [-0.2, -0.15) is 0 Å². The second-order valence-corrected chi connectivity index (χ2v) is 6.10. The zero-order valence-electron chi connectivity index (χ0n) is 13.5. The Morgan fingerprint density at radius 1 is 1.17 bits per heavy atom. The number of amides is 1. The summed E-state index contributed by atoms with van der Waals surface area (Å²) in [5, 5.41) is 0. The molecule has 1 saturated heterocycles. The lowest BCUT2D eigenvalue weighted by Crippen LogP contribution is -2.41. The molecule has 3 rings (SSSR count). The number of benzene rings is 1. The number of piperidine rings is 1. The van der Waals surface area contributed by atoms with Gasteiger partial charge in [-0.15, -0.1) is 0 Å². The second kappa shape index (κ2) is 7.90. The number of nitrogens with zero attached hydrogens (tertiary/aromatic N) is 2. The summed E-state index contributed by atoms with van der Waals surface area (Å²) in [7, 11) is 0. The van der Waals surface area contributed by atoms with E-state index in [1.807, 2.05) is 29.4 Å². The second-order valence-electron chi connectivity index (χ2n) is 6.10. The molecule has 0 atom stereocenters. The molecule has 1 aromatic heterocycles. The topological polar surface area (TPSA) is 42.4 Å². The average Bonchev–Trinajstić information content (AvgIpc) is 2.62. The summed E-state index contributed by atoms with van der Waals surface area (Å²) in [5.41, 5.74) is 1.29. The van der Waals surface area contributed by atoms with E-state index < -0.39 is 5.82 Å². The van der Waals surface area contributed by atoms with Crippen LogP contribution in [0.25, 0.3) is 0 Å². The minimum atomic E-state index is -0.443. The predicted octanol–water partition coefficient (Wildman–Crippen LogP) is 3.08. The Morgan fingerprint density at radius 3 is 2.58 bits per heavy atom. The fourth-order valence-corrected chi connectivity index (χ4v) is 3.03. The van der Waals surface area contributed by atoms with E-state index in [2.05, 4.69) is 4.98 Å². The van der Waals surface area contributed by atoms with Gasteiger partial charge in [0.25, 0.3) is 5.91 Å². The molecule has 5 heteroatoms. The van der Waals surface area contributed by atoms with Gasteiger partial charge in [-0.25, -0.2) is 4.39 Å². The highest BCUT2D eigenvalue weighted by Crippen LogP contribution is 2.22. The Bertz CT molecular complexity index is 670. The van der Waals surface area contributed by atoms with E-state index in [0.29, 0.717) is 5.92 Å². The molecule has 2 aromatic rings. The Hall–Kier alpha value is -2.43. The lowest BCUT2D eigenvalue weighted by atomic mass is 9.90. The van der Waals surface area contributed by atoms with Crippen LogP contribution in [0.1, 0.15) is 18.4 Å². The standard InChI is InChI=1S/C19H21FN2O2/c20-17-3-1-2-4-18(17)24-14-19(23)22-11-7-16(8-12-22)13-15-5-9-21-10-6-15/h1-6,9-10,16H,7-8,11-14H2. The van der Waals surface area contributed by atoms with E-state index in [1.54, 1.807) is 12.1 Å². The van der Waals surface area contributed by atoms with Crippen LogP contribution >= 0.6 is 0 Å². The highest BCUT2D eigenvalue weighted by Gasteiger charge is 2.23. The van der Waals surface area contributed by atoms with Gasteiger partial charge in [0.15, 0.2) is 18.2 Å². The van der Waals surface area contributed by atoms with Gasteiger partial charge in [-0.05, 0) is 55.0 Å². The molecule has 0 spiro atoms. The van der Waals surface area contributed by atoms with Gasteiger partial charge in [0.2, 0.25) is 0 Å². The molecule has 0 saturated carbocycles. The van der Waals surface area contributed by atoms with Gasteiger partial charge in [0.05, 0.1) is 0 Å². The minimum Gasteiger partial charge on any atom is -0.481 e. The Labute approximate surface area is 141 Å². The van der Waals surface area contributed by atoms with Crippen LogP contribution in [0.5, 0.6) is 5.75 Å². The molecular formula is C19H21FN2O2. The molecule has 1 aromatic carbocycles. The van der Waals surface area contributed by atoms with E-state index >= 15 is 0 Å². The Morgan fingerprint density at radius 2 is 1.88 bits per heavy atom. The van der Waals surface area contributed by atoms with Crippen molar-refractivity contribution in [1.82, 2.24) is 9.88 Å². The van der Waals surface area contributed by atoms with Gasteiger partial charge in [0.1, 0.15) is 0 Å². The maximum absolute atomic E-state index is 13.5. The molecule has 24 heavy (non-hydrogen) atoms. The zero-order chi connectivity index (χ0) is 16.8. The largest absolute Gasteiger partial charge is 0.481 e. The minimum absolute atomic E-state index is 0.0828. The third kappa shape index (κ3) is 4.31. The van der Waals surface area contributed by atoms with Crippen molar-refractivity contribution in [2.24, 2.45) is 5.92 Å². The SMILES string of the molecule is O=C(COc1ccccc1F)N1CCC(Cc2ccncc2)CC1. The molecule has 1 aliphatic rings. The number of carbonyl (C=O) groups is 1. The van der Waals surface area contributed by atoms with Crippen LogP contribution in [0.15, 0.2) is 48.8 Å². The summed E-state index contributed by atoms with van der Waals surface area (Å²) in [4.78, 5) is 18.1. The summed E-state index contributed by atoms with van der Waals surface area (Å²) >= 11 is 0. The van der Waals surface area contributed by atoms with Gasteiger partial charge in [-0.3, -0.25) is 9.78 Å². The lowest BCUT2D eigenvalue weighted by Gasteiger charge is -2.32. The molecule has 1 fully saturated rings. The summed E-state index contributed by atoms with van der Waals surface area (Å²) in [6, 6.07) is 10.2. The van der Waals surface area contributed by atoms with Crippen molar-refractivity contribution in [3.8, 4) is 5.75 Å². The first-order valence-electron chi connectivity index (χ1n) is 8.26. The van der Waals surface area contributed by atoms with Crippen LogP contribution in [0.3, 0.4) is 0 Å². The predicted molar refractivity (Wildman–Crippen MR) is 89.1 cm³/mol. The first kappa shape index (κ1) is 16.4. The van der Waals surface area contributed by atoms with Crippen molar-refractivity contribution in [2.75, 3.05) is 19.7 Å². The fourth-order valence-electron chi connectivity index (χ4n) is 3.03. The number of rotatable bonds is 5. The van der Waals surface area contributed by atoms with Crippen LogP contribution in [-0.4, -0.2) is 35.5 Å². The number of pyridine rings is 1. The number of carbonyl (C=O) groups excluding carboxylic acids is 1. The summed E-state index contributed by atoms with van der Waals surface area (Å²) < 4.78 is 18.8. The van der Waals surface area contributed by atoms with E-state index in [0.717, 1.165) is 32.4 Å². The summed E-state index contributed by atoms with van der Waals surface area (Å²) in [6.07, 6.45) is 6.61. The average molecular weight is 328 g/mol. The number of ether oxygens (including phenoxy) is 1. The smallest absolute Gasteiger partial charge is 0.260 e.